The number of nitrogens with one attached hydrogen (secondary N) is 1. The predicted molar refractivity (Wildman–Crippen MR) is 175 cm³/mol. The van der Waals surface area contributed by atoms with Gasteiger partial charge >= 0.3 is 0 Å². The van der Waals surface area contributed by atoms with Crippen LogP contribution in [0.2, 0.25) is 0 Å². The molecule has 0 saturated heterocycles. The zero-order valence-corrected chi connectivity index (χ0v) is 27.0. The van der Waals surface area contributed by atoms with Crippen LogP contribution in [0.4, 0.5) is 0 Å². The Bertz CT molecular complexity index is 1530. The van der Waals surface area contributed by atoms with E-state index in [0.717, 1.165) is 36.0 Å². The third kappa shape index (κ3) is 7.37. The van der Waals surface area contributed by atoms with Gasteiger partial charge in [0.25, 0.3) is 0 Å². The van der Waals surface area contributed by atoms with E-state index in [2.05, 4.69) is 36.0 Å². The van der Waals surface area contributed by atoms with E-state index in [1.54, 1.807) is 6.07 Å². The maximum atomic E-state index is 13.0. The summed E-state index contributed by atoms with van der Waals surface area (Å²) in [6.45, 7) is 5.28. The maximum absolute atomic E-state index is 13.0. The van der Waals surface area contributed by atoms with Crippen molar-refractivity contribution >= 4 is 11.7 Å². The van der Waals surface area contributed by atoms with Gasteiger partial charge in [-0.25, -0.2) is 0 Å². The Morgan fingerprint density at radius 3 is 2.76 bits per heavy atom. The number of methoxy groups -OCH3 is 1. The van der Waals surface area contributed by atoms with Gasteiger partial charge in [0, 0.05) is 49.4 Å². The Morgan fingerprint density at radius 1 is 1.20 bits per heavy atom. The average Bonchev–Trinajstić information content (AvgIpc) is 3.18. The number of hydrogen-bond donors (Lipinski definition) is 6. The van der Waals surface area contributed by atoms with Crippen molar-refractivity contribution in [2.75, 3.05) is 20.2 Å². The molecule has 5 atom stereocenters. The number of nitrogens with two attached hydrogens (primary N) is 1. The van der Waals surface area contributed by atoms with Gasteiger partial charge in [0.15, 0.2) is 29.0 Å². The van der Waals surface area contributed by atoms with Crippen LogP contribution in [0.3, 0.4) is 0 Å². The summed E-state index contributed by atoms with van der Waals surface area (Å²) >= 11 is 0. The molecule has 0 fully saturated rings. The van der Waals surface area contributed by atoms with Crippen LogP contribution in [-0.4, -0.2) is 64.8 Å². The van der Waals surface area contributed by atoms with Crippen molar-refractivity contribution in [1.29, 1.82) is 0 Å². The van der Waals surface area contributed by atoms with Gasteiger partial charge in [-0.05, 0) is 67.1 Å². The van der Waals surface area contributed by atoms with Gasteiger partial charge in [-0.2, -0.15) is 0 Å². The summed E-state index contributed by atoms with van der Waals surface area (Å²) in [6, 6.07) is 5.22. The van der Waals surface area contributed by atoms with E-state index in [-0.39, 0.29) is 65.8 Å². The first kappa shape index (κ1) is 33.4. The number of benzene rings is 2. The number of phenols is 2. The molecule has 0 amide bonds. The molecule has 10 heteroatoms. The predicted octanol–water partition coefficient (Wildman–Crippen LogP) is 3.99. The molecule has 2 aromatic carbocycles. The molecule has 0 spiro atoms. The molecule has 1 aliphatic heterocycles. The molecule has 0 saturated carbocycles. The van der Waals surface area contributed by atoms with Crippen LogP contribution in [0.1, 0.15) is 98.4 Å². The van der Waals surface area contributed by atoms with Gasteiger partial charge in [-0.3, -0.25) is 9.79 Å². The summed E-state index contributed by atoms with van der Waals surface area (Å²) in [6.07, 6.45) is 2.26. The van der Waals surface area contributed by atoms with E-state index in [0.29, 0.717) is 55.4 Å². The zero-order chi connectivity index (χ0) is 33.0. The van der Waals surface area contributed by atoms with Crippen molar-refractivity contribution < 1.29 is 34.7 Å². The van der Waals surface area contributed by atoms with Crippen LogP contribution < -0.4 is 20.5 Å². The number of aliphatic hydroxyl groups excluding tert-OH is 2. The van der Waals surface area contributed by atoms with Gasteiger partial charge in [0.05, 0.1) is 18.8 Å². The van der Waals surface area contributed by atoms with Crippen molar-refractivity contribution in [3.63, 3.8) is 0 Å². The molecular formula is C36H47N3O7. The number of aliphatic hydroxyl groups is 2. The number of carbonyl (C=O) groups is 1. The second-order valence-corrected chi connectivity index (χ2v) is 13.2. The lowest BCUT2D eigenvalue weighted by molar-refractivity contribution is -0.121. The number of fused-ring (bicyclic) bond motifs is 2. The standard InChI is InChI=1S/C36H47N3O7/c1-20(2)19-39-36(37)38-15-14-28-27-9-4-6-22-16-25(41)18-24(40)12-10-21-11-13-30(42)33(45-3)26(21)8-5-7-23-17-29(22)31(27)34(32(23)43)46-35(28)44/h11,13,17,20,22,25,27-28,35,41-44H,4,6-7,9-10,12,14-16,18-19H2,1-3H3,(H3,37,38,39). The molecule has 7 N–H and O–H groups in total. The minimum atomic E-state index is -1.14. The highest BCUT2D eigenvalue weighted by Crippen LogP contribution is 2.54. The number of nitrogens with zero attached hydrogens (tertiary/aromatic N) is 1. The van der Waals surface area contributed by atoms with Gasteiger partial charge in [0.1, 0.15) is 5.78 Å². The largest absolute Gasteiger partial charge is 0.504 e. The van der Waals surface area contributed by atoms with Gasteiger partial charge < -0.3 is 41.0 Å². The fourth-order valence-electron chi connectivity index (χ4n) is 7.17. The van der Waals surface area contributed by atoms with Crippen molar-refractivity contribution in [2.24, 2.45) is 22.6 Å². The van der Waals surface area contributed by atoms with E-state index >= 15 is 0 Å². The molecule has 0 aromatic heterocycles. The van der Waals surface area contributed by atoms with Crippen LogP contribution in [0.15, 0.2) is 23.2 Å². The quantitative estimate of drug-likeness (QED) is 0.157. The molecule has 5 rings (SSSR count). The molecule has 1 heterocycles. The number of phenolic OH excluding ortho intramolecular Hbond substituents is 2. The fraction of sp³-hybridized carbons (Fsp3) is 0.556. The molecule has 5 unspecified atom stereocenters. The fourth-order valence-corrected chi connectivity index (χ4v) is 7.17. The Hall–Kier alpha value is -3.94. The molecule has 0 radical (unpaired) electrons. The number of rotatable bonds is 6. The highest BCUT2D eigenvalue weighted by atomic mass is 16.6. The first-order valence-corrected chi connectivity index (χ1v) is 16.4. The van der Waals surface area contributed by atoms with Gasteiger partial charge in [-0.1, -0.05) is 44.2 Å². The summed E-state index contributed by atoms with van der Waals surface area (Å²) < 4.78 is 11.6. The van der Waals surface area contributed by atoms with E-state index in [9.17, 15) is 25.2 Å². The maximum Gasteiger partial charge on any atom is 0.201 e. The van der Waals surface area contributed by atoms with E-state index < -0.39 is 12.4 Å². The van der Waals surface area contributed by atoms with Crippen LogP contribution in [0, 0.1) is 23.7 Å². The van der Waals surface area contributed by atoms with E-state index in [4.69, 9.17) is 15.2 Å². The smallest absolute Gasteiger partial charge is 0.201 e. The highest BCUT2D eigenvalue weighted by molar-refractivity contribution is 5.79. The average molecular weight is 634 g/mol. The molecule has 10 nitrogen and oxygen atoms in total. The lowest BCUT2D eigenvalue weighted by Gasteiger charge is -2.39. The molecule has 248 valence electrons. The molecule has 2 aliphatic carbocycles. The van der Waals surface area contributed by atoms with Crippen molar-refractivity contribution in [1.82, 2.24) is 5.32 Å². The summed E-state index contributed by atoms with van der Waals surface area (Å²) in [5, 5.41) is 47.5. The lowest BCUT2D eigenvalue weighted by atomic mass is 9.75. The number of hydrogen-bond acceptors (Lipinski definition) is 8. The monoisotopic (exact) mass is 633 g/mol. The van der Waals surface area contributed by atoms with E-state index in [1.807, 2.05) is 6.07 Å². The van der Waals surface area contributed by atoms with Crippen molar-refractivity contribution in [3.05, 3.63) is 46.0 Å². The topological polar surface area (TPSA) is 167 Å². The molecule has 2 aromatic rings. The summed E-state index contributed by atoms with van der Waals surface area (Å²) in [7, 11) is 1.45. The van der Waals surface area contributed by atoms with Crippen LogP contribution in [-0.2, 0) is 17.6 Å². The second kappa shape index (κ2) is 14.7. The summed E-state index contributed by atoms with van der Waals surface area (Å²) in [4.78, 5) is 17.4. The van der Waals surface area contributed by atoms with Gasteiger partial charge in [-0.15, -0.1) is 0 Å². The number of ketones is 1. The normalized spacial score (nSPS) is 24.8. The summed E-state index contributed by atoms with van der Waals surface area (Å²) in [5.41, 5.74) is 9.68. The Balaban J connectivity index is 1.53. The number of carbonyl (C=O) groups excluding carboxylic acids is 1. The third-order valence-electron chi connectivity index (χ3n) is 9.43. The first-order valence-electron chi connectivity index (χ1n) is 16.4. The molecule has 3 aliphatic rings. The lowest BCUT2D eigenvalue weighted by Crippen LogP contribution is -2.40. The molecule has 2 bridgehead atoms. The van der Waals surface area contributed by atoms with Crippen molar-refractivity contribution in [3.8, 4) is 34.8 Å². The Morgan fingerprint density at radius 2 is 2.00 bits per heavy atom. The Kier molecular flexibility index (Phi) is 10.6. The first-order chi connectivity index (χ1) is 22.1. The van der Waals surface area contributed by atoms with Crippen LogP contribution >= 0.6 is 0 Å². The highest BCUT2D eigenvalue weighted by Gasteiger charge is 2.43. The number of Topliss-reactive ketones (excluding diaryl/α,β-unsaturated/α-hetero) is 1. The minimum Gasteiger partial charge on any atom is -0.504 e. The van der Waals surface area contributed by atoms with Crippen molar-refractivity contribution in [2.45, 2.75) is 95.9 Å². The van der Waals surface area contributed by atoms with Crippen LogP contribution in [0.25, 0.3) is 0 Å². The SMILES string of the molecule is COc1c(O)ccc2c1C#CCc1cc3c4c(c1O)OC(O)C(CCNC(N)=NCC(C)C)C4CCCC3CC(O)CC(=O)CC2. The third-order valence-corrected chi connectivity index (χ3v) is 9.43. The number of aryl methyl sites for hydroxylation is 1. The van der Waals surface area contributed by atoms with Gasteiger partial charge in [0.2, 0.25) is 6.29 Å². The second-order valence-electron chi connectivity index (χ2n) is 13.2. The zero-order valence-electron chi connectivity index (χ0n) is 27.0. The molecule has 46 heavy (non-hydrogen) atoms. The molecular weight excluding hydrogens is 586 g/mol. The Labute approximate surface area is 271 Å². The number of ether oxygens (including phenoxy) is 2. The number of aromatic hydroxyl groups is 2. The number of aliphatic imine (C=N–C) groups is 1. The summed E-state index contributed by atoms with van der Waals surface area (Å²) in [5.74, 6) is 6.95. The van der Waals surface area contributed by atoms with E-state index in [1.165, 1.54) is 13.2 Å². The van der Waals surface area contributed by atoms with Crippen LogP contribution in [0.5, 0.6) is 23.0 Å². The minimum absolute atomic E-state index is 0.0343. The number of guanidine groups is 1.